The van der Waals surface area contributed by atoms with Crippen molar-refractivity contribution in [1.82, 2.24) is 4.90 Å². The number of nitriles is 1. The minimum absolute atomic E-state index is 0. The van der Waals surface area contributed by atoms with E-state index in [1.165, 1.54) is 11.4 Å². The maximum atomic E-state index is 8.62. The molecule has 0 aromatic heterocycles. The van der Waals surface area contributed by atoms with Crippen molar-refractivity contribution in [2.24, 2.45) is 0 Å². The molecule has 0 fully saturated rings. The van der Waals surface area contributed by atoms with Crippen LogP contribution in [-0.4, -0.2) is 11.9 Å². The van der Waals surface area contributed by atoms with Gasteiger partial charge in [0.05, 0.1) is 0 Å². The molecule has 2 aliphatic heterocycles. The van der Waals surface area contributed by atoms with Crippen molar-refractivity contribution in [1.29, 1.82) is 5.26 Å². The molecule has 4 aromatic carbocycles. The average Bonchev–Trinajstić information content (AvgIpc) is 3.59. The summed E-state index contributed by atoms with van der Waals surface area (Å²) in [7, 11) is 1.96. The van der Waals surface area contributed by atoms with Crippen LogP contribution in [0.25, 0.3) is 0 Å². The zero-order valence-electron chi connectivity index (χ0n) is 22.8. The summed E-state index contributed by atoms with van der Waals surface area (Å²) in [5.41, 5.74) is 6.12. The van der Waals surface area contributed by atoms with Crippen LogP contribution in [0.3, 0.4) is 0 Å². The smallest absolute Gasteiger partial charge is 1.00 e. The van der Waals surface area contributed by atoms with E-state index in [0.29, 0.717) is 18.8 Å². The molecule has 4 aromatic rings. The van der Waals surface area contributed by atoms with Gasteiger partial charge >= 0.3 is 102 Å². The van der Waals surface area contributed by atoms with Gasteiger partial charge in [-0.2, -0.15) is 55.2 Å². The Bertz CT molecular complexity index is 1310. The molecule has 0 atom stereocenters. The minimum atomic E-state index is 0. The molecule has 6 rings (SSSR count). The Morgan fingerprint density at radius 3 is 2.00 bits per heavy atom. The average molecular weight is 1070 g/mol. The van der Waals surface area contributed by atoms with E-state index in [1.807, 2.05) is 66.2 Å². The Kier molecular flexibility index (Phi) is 17.2. The van der Waals surface area contributed by atoms with Gasteiger partial charge in [-0.3, -0.25) is 0 Å². The summed E-state index contributed by atoms with van der Waals surface area (Å²) in [4.78, 5) is 8.27. The van der Waals surface area contributed by atoms with Gasteiger partial charge in [0.25, 0.3) is 0 Å². The van der Waals surface area contributed by atoms with Crippen molar-refractivity contribution in [3.8, 4) is 6.07 Å². The Morgan fingerprint density at radius 1 is 0.800 bits per heavy atom. The molecule has 0 aliphatic carbocycles. The minimum Gasteiger partial charge on any atom is -1.00 e. The molecule has 1 radical (unpaired) electrons. The molecule has 0 unspecified atom stereocenters. The number of halogens is 3. The van der Waals surface area contributed by atoms with Gasteiger partial charge in [0.1, 0.15) is 0 Å². The van der Waals surface area contributed by atoms with Gasteiger partial charge in [0, 0.05) is 43.2 Å². The largest absolute Gasteiger partial charge is 1.00 e. The van der Waals surface area contributed by atoms with Crippen LogP contribution in [0, 0.1) is 36.8 Å². The van der Waals surface area contributed by atoms with Crippen LogP contribution < -0.4 is 79.3 Å². The first-order chi connectivity index (χ1) is 18.6. The Hall–Kier alpha value is -0.214. The molecule has 0 saturated heterocycles. The van der Waals surface area contributed by atoms with Crippen molar-refractivity contribution in [2.45, 2.75) is 0 Å². The second-order valence-electron chi connectivity index (χ2n) is 8.04. The molecule has 40 heavy (non-hydrogen) atoms. The third-order valence-corrected chi connectivity index (χ3v) is 5.59. The topological polar surface area (TPSA) is 36.8 Å². The van der Waals surface area contributed by atoms with Crippen LogP contribution in [0.4, 0.5) is 28.4 Å². The van der Waals surface area contributed by atoms with Gasteiger partial charge in [-0.15, -0.1) is 24.1 Å². The molecule has 5 nitrogen and oxygen atoms in total. The molecule has 0 spiro atoms. The number of hydrogen-bond acceptors (Lipinski definition) is 5. The molecule has 0 N–H and O–H groups in total. The van der Waals surface area contributed by atoms with E-state index in [4.69, 9.17) is 5.26 Å². The summed E-state index contributed by atoms with van der Waals surface area (Å²) in [5.74, 6) is 0. The third-order valence-electron chi connectivity index (χ3n) is 5.59. The third kappa shape index (κ3) is 9.92. The second kappa shape index (κ2) is 19.1. The Labute approximate surface area is 324 Å². The molecule has 2 heterocycles. The van der Waals surface area contributed by atoms with Crippen LogP contribution in [-0.2, 0) is 20.1 Å². The Morgan fingerprint density at radius 2 is 1.45 bits per heavy atom. The number of rotatable bonds is 3. The second-order valence-corrected chi connectivity index (χ2v) is 24.3. The molecular weight excluding hydrogens is 1040 g/mol. The van der Waals surface area contributed by atoms with E-state index in [9.17, 15) is 0 Å². The van der Waals surface area contributed by atoms with Crippen molar-refractivity contribution in [3.05, 3.63) is 140 Å². The summed E-state index contributed by atoms with van der Waals surface area (Å²) in [5, 5.41) is 8.62. The summed E-state index contributed by atoms with van der Waals surface area (Å²) >= 11 is 5.30. The van der Waals surface area contributed by atoms with Crippen molar-refractivity contribution in [2.75, 3.05) is 21.7 Å². The normalized spacial score (nSPS) is 12.7. The summed E-state index contributed by atoms with van der Waals surface area (Å²) in [6, 6.07) is 40.6. The SMILES string of the molecule is CN1C=CN(c2[c-]cc(C#N)cc2)[CH-]1.I[I-]I.[H-].[Ir].[K+].[c-]1ccccc1N1[CH-]N(c2ccccc2)c2ccccc21. The number of anilines is 5. The quantitative estimate of drug-likeness (QED) is 0.180. The van der Waals surface area contributed by atoms with Gasteiger partial charge in [0.2, 0.25) is 0 Å². The molecule has 0 amide bonds. The van der Waals surface area contributed by atoms with E-state index in [2.05, 4.69) is 126 Å². The van der Waals surface area contributed by atoms with Crippen LogP contribution in [0.5, 0.6) is 0 Å². The van der Waals surface area contributed by atoms with Gasteiger partial charge in [0.15, 0.2) is 0 Å². The first kappa shape index (κ1) is 36.0. The number of benzene rings is 4. The fourth-order valence-electron chi connectivity index (χ4n) is 3.87. The van der Waals surface area contributed by atoms with E-state index < -0.39 is 0 Å². The molecule has 2 aliphatic rings. The van der Waals surface area contributed by atoms with Gasteiger partial charge in [-0.25, -0.2) is 5.26 Å². The Balaban J connectivity index is 0.000000371. The summed E-state index contributed by atoms with van der Waals surface area (Å²) in [6.07, 6.45) is 3.89. The number of hydrogen-bond donors (Lipinski definition) is 0. The van der Waals surface area contributed by atoms with Gasteiger partial charge in [-0.05, 0) is 43.7 Å². The van der Waals surface area contributed by atoms with E-state index in [0.717, 1.165) is 17.1 Å². The van der Waals surface area contributed by atoms with Crippen LogP contribution >= 0.6 is 37.2 Å². The van der Waals surface area contributed by atoms with E-state index >= 15 is 0 Å². The first-order valence-corrected chi connectivity index (χ1v) is 24.1. The van der Waals surface area contributed by atoms with Crippen molar-refractivity contribution in [3.63, 3.8) is 0 Å². The molecule has 0 saturated carbocycles. The standard InChI is InChI=1S/C19H14N2.C11H9N3.I3.Ir.K.H/c1-3-9-16(10-4-1)20-15-21(17-11-5-2-6-12-17)19-14-8-7-13-18(19)20;1-13-6-7-14(9-13)11-4-2-10(8-12)3-5-11;1-3-2;;;/h1-11,13-15H;2-4,6-7,9H,1H3;;;;/q2*-2;-1;;+1;-1. The van der Waals surface area contributed by atoms with Crippen LogP contribution in [0.2, 0.25) is 0 Å². The molecular formula is C30H24I3IrKN5-5. The van der Waals surface area contributed by atoms with Crippen LogP contribution in [0.15, 0.2) is 109 Å². The van der Waals surface area contributed by atoms with E-state index in [1.54, 1.807) is 12.1 Å². The number of para-hydroxylation sites is 4. The van der Waals surface area contributed by atoms with Crippen molar-refractivity contribution < 1.29 is 86.2 Å². The fraction of sp³-hybridized carbons (Fsp3) is 0.0333. The number of nitrogens with zero attached hydrogens (tertiary/aromatic N) is 5. The zero-order chi connectivity index (χ0) is 26.7. The van der Waals surface area contributed by atoms with Crippen LogP contribution in [0.1, 0.15) is 6.99 Å². The molecule has 10 heteroatoms. The zero-order valence-corrected chi connectivity index (χ0v) is 33.7. The fourth-order valence-corrected chi connectivity index (χ4v) is 3.87. The van der Waals surface area contributed by atoms with Gasteiger partial charge in [-0.1, -0.05) is 35.9 Å². The maximum Gasteiger partial charge on any atom is 1.00 e. The summed E-state index contributed by atoms with van der Waals surface area (Å²) in [6.45, 7) is 4.06. The predicted molar refractivity (Wildman–Crippen MR) is 170 cm³/mol. The van der Waals surface area contributed by atoms with Gasteiger partial charge < -0.3 is 21.0 Å². The maximum absolute atomic E-state index is 8.62. The van der Waals surface area contributed by atoms with Crippen molar-refractivity contribution >= 4 is 65.7 Å². The monoisotopic (exact) mass is 1070 g/mol. The number of fused-ring (bicyclic) bond motifs is 1. The first-order valence-electron chi connectivity index (χ1n) is 11.5. The molecule has 0 bridgehead atoms. The predicted octanol–water partition coefficient (Wildman–Crippen LogP) is 2.49. The molecule has 205 valence electrons. The van der Waals surface area contributed by atoms with E-state index in [-0.39, 0.29) is 72.9 Å². The summed E-state index contributed by atoms with van der Waals surface area (Å²) < 4.78 is 0.